The van der Waals surface area contributed by atoms with Crippen molar-refractivity contribution in [2.45, 2.75) is 57.1 Å². The third-order valence-corrected chi connectivity index (χ3v) is 5.74. The number of hydrogen-bond donors (Lipinski definition) is 0. The van der Waals surface area contributed by atoms with Crippen LogP contribution in [0.5, 0.6) is 0 Å². The van der Waals surface area contributed by atoms with Crippen molar-refractivity contribution in [3.8, 4) is 0 Å². The summed E-state index contributed by atoms with van der Waals surface area (Å²) < 4.78 is 0. The van der Waals surface area contributed by atoms with Crippen molar-refractivity contribution in [1.82, 2.24) is 0 Å². The van der Waals surface area contributed by atoms with Gasteiger partial charge in [0.1, 0.15) is 0 Å². The summed E-state index contributed by atoms with van der Waals surface area (Å²) in [7, 11) is 0. The van der Waals surface area contributed by atoms with E-state index in [1.54, 1.807) is 0 Å². The smallest absolute Gasteiger partial charge is 0.00471 e. The van der Waals surface area contributed by atoms with Crippen LogP contribution < -0.4 is 0 Å². The largest absolute Gasteiger partial charge is 0.162 e. The molecule has 0 bridgehead atoms. The molecule has 0 N–H and O–H groups in total. The monoisotopic (exact) mass is 212 g/mol. The molecule has 0 heterocycles. The molecule has 0 spiro atoms. The Labute approximate surface area is 93.2 Å². The van der Waals surface area contributed by atoms with E-state index in [4.69, 9.17) is 0 Å². The molecule has 2 fully saturated rings. The molecule has 0 aromatic rings. The third-order valence-electron chi connectivity index (χ3n) is 4.65. The molecule has 0 aromatic carbocycles. The van der Waals surface area contributed by atoms with E-state index >= 15 is 0 Å². The van der Waals surface area contributed by atoms with Crippen LogP contribution in [0.1, 0.15) is 51.9 Å². The molecule has 2 aliphatic rings. The second kappa shape index (κ2) is 4.92. The number of hydrogen-bond acceptors (Lipinski definition) is 1. The molecule has 0 aromatic heterocycles. The Balaban J connectivity index is 1.83. The maximum Gasteiger partial charge on any atom is 0.00471 e. The maximum atomic E-state index is 2.53. The van der Waals surface area contributed by atoms with Gasteiger partial charge in [-0.05, 0) is 43.3 Å². The Bertz CT molecular complexity index is 172. The van der Waals surface area contributed by atoms with E-state index in [-0.39, 0.29) is 0 Å². The Morgan fingerprint density at radius 2 is 1.71 bits per heavy atom. The van der Waals surface area contributed by atoms with E-state index in [1.807, 2.05) is 0 Å². The van der Waals surface area contributed by atoms with E-state index in [9.17, 15) is 0 Å². The molecule has 2 aliphatic carbocycles. The van der Waals surface area contributed by atoms with Crippen LogP contribution in [0.25, 0.3) is 0 Å². The average Bonchev–Trinajstić information content (AvgIpc) is 2.88. The van der Waals surface area contributed by atoms with Gasteiger partial charge in [0.25, 0.3) is 0 Å². The lowest BCUT2D eigenvalue weighted by Gasteiger charge is -2.25. The van der Waals surface area contributed by atoms with Crippen LogP contribution in [0.3, 0.4) is 0 Å². The van der Waals surface area contributed by atoms with Gasteiger partial charge in [0.2, 0.25) is 0 Å². The van der Waals surface area contributed by atoms with Gasteiger partial charge in [-0.25, -0.2) is 0 Å². The molecule has 0 aliphatic heterocycles. The summed E-state index contributed by atoms with van der Waals surface area (Å²) in [6.45, 7) is 2.53. The van der Waals surface area contributed by atoms with Gasteiger partial charge in [-0.15, -0.1) is 0 Å². The van der Waals surface area contributed by atoms with E-state index in [1.165, 1.54) is 44.9 Å². The standard InChI is InChI=1S/C13H24S/c1-10(11-5-3-4-6-11)12-7-8-13(9-12)14-2/h10-13H,3-9H2,1-2H3. The molecule has 2 saturated carbocycles. The Hall–Kier alpha value is 0.350. The summed E-state index contributed by atoms with van der Waals surface area (Å²) in [5.41, 5.74) is 0. The number of thioether (sulfide) groups is 1. The van der Waals surface area contributed by atoms with Crippen LogP contribution in [0, 0.1) is 17.8 Å². The third kappa shape index (κ3) is 2.29. The summed E-state index contributed by atoms with van der Waals surface area (Å²) in [4.78, 5) is 0. The maximum absolute atomic E-state index is 2.53. The van der Waals surface area contributed by atoms with Crippen molar-refractivity contribution in [2.75, 3.05) is 6.26 Å². The molecule has 3 atom stereocenters. The van der Waals surface area contributed by atoms with Crippen molar-refractivity contribution in [3.05, 3.63) is 0 Å². The first kappa shape index (κ1) is 10.9. The van der Waals surface area contributed by atoms with E-state index in [0.29, 0.717) is 0 Å². The summed E-state index contributed by atoms with van der Waals surface area (Å²) >= 11 is 2.10. The van der Waals surface area contributed by atoms with Gasteiger partial charge in [-0.1, -0.05) is 32.6 Å². The average molecular weight is 212 g/mol. The first-order chi connectivity index (χ1) is 6.81. The Morgan fingerprint density at radius 3 is 2.29 bits per heavy atom. The van der Waals surface area contributed by atoms with Crippen molar-refractivity contribution < 1.29 is 0 Å². The van der Waals surface area contributed by atoms with Gasteiger partial charge < -0.3 is 0 Å². The molecule has 1 heteroatoms. The lowest BCUT2D eigenvalue weighted by Crippen LogP contribution is -2.17. The van der Waals surface area contributed by atoms with Crippen LogP contribution >= 0.6 is 11.8 Å². The van der Waals surface area contributed by atoms with Crippen molar-refractivity contribution in [3.63, 3.8) is 0 Å². The van der Waals surface area contributed by atoms with Gasteiger partial charge >= 0.3 is 0 Å². The van der Waals surface area contributed by atoms with Gasteiger partial charge in [-0.2, -0.15) is 11.8 Å². The predicted octanol–water partition coefficient (Wildman–Crippen LogP) is 4.34. The van der Waals surface area contributed by atoms with Crippen LogP contribution in [-0.4, -0.2) is 11.5 Å². The van der Waals surface area contributed by atoms with Crippen LogP contribution in [0.2, 0.25) is 0 Å². The molecule has 2 rings (SSSR count). The topological polar surface area (TPSA) is 0 Å². The fourth-order valence-electron chi connectivity index (χ4n) is 3.53. The second-order valence-electron chi connectivity index (χ2n) is 5.33. The van der Waals surface area contributed by atoms with Crippen LogP contribution in [-0.2, 0) is 0 Å². The molecule has 0 radical (unpaired) electrons. The normalized spacial score (nSPS) is 36.4. The highest BCUT2D eigenvalue weighted by Crippen LogP contribution is 2.43. The molecule has 0 amide bonds. The lowest BCUT2D eigenvalue weighted by atomic mass is 9.81. The highest BCUT2D eigenvalue weighted by Gasteiger charge is 2.33. The minimum absolute atomic E-state index is 0.990. The van der Waals surface area contributed by atoms with E-state index in [0.717, 1.165) is 23.0 Å². The van der Waals surface area contributed by atoms with E-state index < -0.39 is 0 Å². The van der Waals surface area contributed by atoms with Gasteiger partial charge in [-0.3, -0.25) is 0 Å². The molecule has 0 saturated heterocycles. The molecule has 3 unspecified atom stereocenters. The zero-order chi connectivity index (χ0) is 9.97. The quantitative estimate of drug-likeness (QED) is 0.670. The fraction of sp³-hybridized carbons (Fsp3) is 1.00. The minimum Gasteiger partial charge on any atom is -0.162 e. The highest BCUT2D eigenvalue weighted by molar-refractivity contribution is 7.99. The summed E-state index contributed by atoms with van der Waals surface area (Å²) in [5.74, 6) is 3.17. The van der Waals surface area contributed by atoms with Crippen LogP contribution in [0.4, 0.5) is 0 Å². The van der Waals surface area contributed by atoms with Gasteiger partial charge in [0.15, 0.2) is 0 Å². The fourth-order valence-corrected chi connectivity index (χ4v) is 4.34. The zero-order valence-corrected chi connectivity index (χ0v) is 10.5. The van der Waals surface area contributed by atoms with Crippen molar-refractivity contribution in [2.24, 2.45) is 17.8 Å². The molecule has 14 heavy (non-hydrogen) atoms. The Morgan fingerprint density at radius 1 is 1.00 bits per heavy atom. The summed E-state index contributed by atoms with van der Waals surface area (Å²) in [5, 5.41) is 0.990. The molecular weight excluding hydrogens is 188 g/mol. The first-order valence-electron chi connectivity index (χ1n) is 6.34. The highest BCUT2D eigenvalue weighted by atomic mass is 32.2. The SMILES string of the molecule is CSC1CCC(C(C)C2CCCC2)C1. The number of rotatable bonds is 3. The predicted molar refractivity (Wildman–Crippen MR) is 65.8 cm³/mol. The van der Waals surface area contributed by atoms with Gasteiger partial charge in [0, 0.05) is 5.25 Å². The molecule has 82 valence electrons. The minimum atomic E-state index is 0.990. The molecule has 0 nitrogen and oxygen atoms in total. The second-order valence-corrected chi connectivity index (χ2v) is 6.47. The van der Waals surface area contributed by atoms with Gasteiger partial charge in [0.05, 0.1) is 0 Å². The van der Waals surface area contributed by atoms with Crippen LogP contribution in [0.15, 0.2) is 0 Å². The molecular formula is C13H24S. The van der Waals surface area contributed by atoms with Crippen molar-refractivity contribution >= 4 is 11.8 Å². The zero-order valence-electron chi connectivity index (χ0n) is 9.67. The van der Waals surface area contributed by atoms with E-state index in [2.05, 4.69) is 24.9 Å². The summed E-state index contributed by atoms with van der Waals surface area (Å²) in [6.07, 6.45) is 12.9. The summed E-state index contributed by atoms with van der Waals surface area (Å²) in [6, 6.07) is 0. The Kier molecular flexibility index (Phi) is 3.81. The first-order valence-corrected chi connectivity index (χ1v) is 7.63. The van der Waals surface area contributed by atoms with Crippen molar-refractivity contribution in [1.29, 1.82) is 0 Å². The lowest BCUT2D eigenvalue weighted by molar-refractivity contribution is 0.254.